The minimum Gasteiger partial charge on any atom is -0.0761 e. The number of hydrogen-bond donors (Lipinski definition) is 0. The van der Waals surface area contributed by atoms with Crippen LogP contribution in [0.15, 0.2) is 60.7 Å². The molecule has 2 unspecified atom stereocenters. The summed E-state index contributed by atoms with van der Waals surface area (Å²) in [5.41, 5.74) is 3.64. The van der Waals surface area contributed by atoms with Gasteiger partial charge in [0.2, 0.25) is 0 Å². The van der Waals surface area contributed by atoms with E-state index < -0.39 is 0 Å². The van der Waals surface area contributed by atoms with Crippen molar-refractivity contribution in [2.45, 2.75) is 12.8 Å². The highest BCUT2D eigenvalue weighted by molar-refractivity contribution is 5.50. The molecule has 2 atom stereocenters. The molecule has 0 aromatic heterocycles. The average molecular weight is 206 g/mol. The molecule has 4 rings (SSSR count). The van der Waals surface area contributed by atoms with E-state index in [9.17, 15) is 0 Å². The van der Waals surface area contributed by atoms with Crippen molar-refractivity contribution in [3.63, 3.8) is 0 Å². The molecule has 0 saturated carbocycles. The number of rotatable bonds is 0. The first-order valence-electron chi connectivity index (χ1n) is 5.98. The first-order valence-corrected chi connectivity index (χ1v) is 5.98. The number of allylic oxidation sites excluding steroid dienone is 6. The van der Waals surface area contributed by atoms with Gasteiger partial charge in [0.1, 0.15) is 0 Å². The molecule has 0 spiro atoms. The summed E-state index contributed by atoms with van der Waals surface area (Å²) in [6.45, 7) is 0. The third-order valence-electron chi connectivity index (χ3n) is 4.53. The molecule has 0 bridgehead atoms. The number of fused-ring (bicyclic) bond motifs is 1. The van der Waals surface area contributed by atoms with E-state index >= 15 is 0 Å². The lowest BCUT2D eigenvalue weighted by molar-refractivity contribution is 0.192. The van der Waals surface area contributed by atoms with Crippen LogP contribution in [0.1, 0.15) is 11.1 Å². The SMILES string of the molecule is C1=CC23C=CC2(C=C1)Cc1ccccc1C3. The lowest BCUT2D eigenvalue weighted by Crippen LogP contribution is -2.50. The predicted molar refractivity (Wildman–Crippen MR) is 66.1 cm³/mol. The maximum Gasteiger partial charge on any atom is 0.0234 e. The lowest BCUT2D eigenvalue weighted by Gasteiger charge is -2.55. The average Bonchev–Trinajstić information content (AvgIpc) is 2.30. The molecule has 78 valence electrons. The highest BCUT2D eigenvalue weighted by Crippen LogP contribution is 2.60. The fraction of sp³-hybridized carbons (Fsp3) is 0.250. The van der Waals surface area contributed by atoms with Crippen LogP contribution in [-0.4, -0.2) is 0 Å². The molecule has 3 aliphatic carbocycles. The molecule has 0 saturated heterocycles. The van der Waals surface area contributed by atoms with Crippen LogP contribution in [0.25, 0.3) is 0 Å². The smallest absolute Gasteiger partial charge is 0.0234 e. The Labute approximate surface area is 96.0 Å². The summed E-state index contributed by atoms with van der Waals surface area (Å²) in [4.78, 5) is 0. The Bertz CT molecular complexity index is 498. The van der Waals surface area contributed by atoms with E-state index in [0.717, 1.165) is 0 Å². The van der Waals surface area contributed by atoms with Crippen molar-refractivity contribution in [3.8, 4) is 0 Å². The van der Waals surface area contributed by atoms with Gasteiger partial charge in [-0.3, -0.25) is 0 Å². The Hall–Kier alpha value is -1.56. The van der Waals surface area contributed by atoms with Crippen molar-refractivity contribution >= 4 is 0 Å². The highest BCUT2D eigenvalue weighted by atomic mass is 14.6. The molecule has 0 nitrogen and oxygen atoms in total. The molecule has 16 heavy (non-hydrogen) atoms. The van der Waals surface area contributed by atoms with Gasteiger partial charge >= 0.3 is 0 Å². The van der Waals surface area contributed by atoms with E-state index in [1.54, 1.807) is 0 Å². The third kappa shape index (κ3) is 0.824. The highest BCUT2D eigenvalue weighted by Gasteiger charge is 2.53. The van der Waals surface area contributed by atoms with Crippen LogP contribution in [0.5, 0.6) is 0 Å². The normalized spacial score (nSPS) is 37.2. The molecule has 0 N–H and O–H groups in total. The van der Waals surface area contributed by atoms with Crippen molar-refractivity contribution in [1.29, 1.82) is 0 Å². The Kier molecular flexibility index (Phi) is 1.38. The molecule has 1 aromatic carbocycles. The number of hydrogen-bond acceptors (Lipinski definition) is 0. The zero-order valence-corrected chi connectivity index (χ0v) is 9.19. The van der Waals surface area contributed by atoms with E-state index in [-0.39, 0.29) is 10.8 Å². The summed E-state index contributed by atoms with van der Waals surface area (Å²) in [7, 11) is 0. The predicted octanol–water partition coefficient (Wildman–Crippen LogP) is 3.45. The zero-order chi connectivity index (χ0) is 10.6. The van der Waals surface area contributed by atoms with Crippen LogP contribution in [-0.2, 0) is 12.8 Å². The second-order valence-electron chi connectivity index (χ2n) is 5.25. The maximum atomic E-state index is 2.39. The Morgan fingerprint density at radius 2 is 1.19 bits per heavy atom. The zero-order valence-electron chi connectivity index (χ0n) is 9.19. The topological polar surface area (TPSA) is 0 Å². The first-order chi connectivity index (χ1) is 7.84. The summed E-state index contributed by atoms with van der Waals surface area (Å²) in [5.74, 6) is 0. The minimum atomic E-state index is 0.288. The number of benzene rings is 1. The lowest BCUT2D eigenvalue weighted by atomic mass is 9.47. The largest absolute Gasteiger partial charge is 0.0761 e. The van der Waals surface area contributed by atoms with Crippen molar-refractivity contribution in [2.24, 2.45) is 10.8 Å². The van der Waals surface area contributed by atoms with Gasteiger partial charge in [0.15, 0.2) is 0 Å². The molecule has 0 fully saturated rings. The van der Waals surface area contributed by atoms with Crippen LogP contribution in [0.3, 0.4) is 0 Å². The van der Waals surface area contributed by atoms with Gasteiger partial charge in [0.05, 0.1) is 0 Å². The molecule has 0 heteroatoms. The van der Waals surface area contributed by atoms with E-state index in [4.69, 9.17) is 0 Å². The van der Waals surface area contributed by atoms with E-state index in [1.165, 1.54) is 24.0 Å². The Balaban J connectivity index is 1.93. The van der Waals surface area contributed by atoms with Gasteiger partial charge < -0.3 is 0 Å². The summed E-state index contributed by atoms with van der Waals surface area (Å²) in [6, 6.07) is 8.89. The molecule has 3 aliphatic rings. The van der Waals surface area contributed by atoms with E-state index in [0.29, 0.717) is 0 Å². The molecule has 0 aliphatic heterocycles. The van der Waals surface area contributed by atoms with Crippen molar-refractivity contribution in [2.75, 3.05) is 0 Å². The van der Waals surface area contributed by atoms with Gasteiger partial charge in [-0.15, -0.1) is 0 Å². The molecule has 0 amide bonds. The second kappa shape index (κ2) is 2.57. The van der Waals surface area contributed by atoms with Crippen molar-refractivity contribution in [1.82, 2.24) is 0 Å². The van der Waals surface area contributed by atoms with Crippen LogP contribution in [0.4, 0.5) is 0 Å². The van der Waals surface area contributed by atoms with Gasteiger partial charge in [-0.2, -0.15) is 0 Å². The van der Waals surface area contributed by atoms with E-state index in [2.05, 4.69) is 60.7 Å². The molecule has 0 radical (unpaired) electrons. The Morgan fingerprint density at radius 3 is 1.62 bits per heavy atom. The van der Waals surface area contributed by atoms with Crippen LogP contribution < -0.4 is 0 Å². The van der Waals surface area contributed by atoms with Crippen LogP contribution in [0.2, 0.25) is 0 Å². The summed E-state index contributed by atoms with van der Waals surface area (Å²) in [6.07, 6.45) is 16.3. The van der Waals surface area contributed by atoms with Crippen molar-refractivity contribution < 1.29 is 0 Å². The molecule has 0 heterocycles. The van der Waals surface area contributed by atoms with Crippen LogP contribution in [0, 0.1) is 10.8 Å². The van der Waals surface area contributed by atoms with Gasteiger partial charge in [-0.25, -0.2) is 0 Å². The standard InChI is InChI=1S/C16H14/c1-2-6-14-12-16-8-4-3-7-15(16,9-10-16)11-13(14)5-1/h1-10H,11-12H2. The van der Waals surface area contributed by atoms with Crippen LogP contribution >= 0.6 is 0 Å². The summed E-state index contributed by atoms with van der Waals surface area (Å²) < 4.78 is 0. The third-order valence-corrected chi connectivity index (χ3v) is 4.53. The fourth-order valence-corrected chi connectivity index (χ4v) is 3.48. The molecular weight excluding hydrogens is 192 g/mol. The van der Waals surface area contributed by atoms with E-state index in [1.807, 2.05) is 0 Å². The summed E-state index contributed by atoms with van der Waals surface area (Å²) in [5, 5.41) is 0. The van der Waals surface area contributed by atoms with Gasteiger partial charge in [-0.05, 0) is 24.0 Å². The van der Waals surface area contributed by atoms with Gasteiger partial charge in [-0.1, -0.05) is 60.7 Å². The minimum absolute atomic E-state index is 0.288. The molecular formula is C16H14. The van der Waals surface area contributed by atoms with Gasteiger partial charge in [0.25, 0.3) is 0 Å². The fourth-order valence-electron chi connectivity index (χ4n) is 3.48. The monoisotopic (exact) mass is 206 g/mol. The summed E-state index contributed by atoms with van der Waals surface area (Å²) >= 11 is 0. The van der Waals surface area contributed by atoms with Gasteiger partial charge in [0, 0.05) is 10.8 Å². The quantitative estimate of drug-likeness (QED) is 0.570. The van der Waals surface area contributed by atoms with Crippen molar-refractivity contribution in [3.05, 3.63) is 71.8 Å². The Morgan fingerprint density at radius 1 is 0.688 bits per heavy atom. The molecule has 1 aromatic rings. The first kappa shape index (κ1) is 8.58. The second-order valence-corrected chi connectivity index (χ2v) is 5.25. The maximum absolute atomic E-state index is 2.39.